The first-order valence-corrected chi connectivity index (χ1v) is 3.64. The molecule has 0 rings (SSSR count). The van der Waals surface area contributed by atoms with E-state index in [2.05, 4.69) is 0 Å². The van der Waals surface area contributed by atoms with Crippen LogP contribution in [0.15, 0.2) is 0 Å². The van der Waals surface area contributed by atoms with Gasteiger partial charge in [-0.25, -0.2) is 0 Å². The van der Waals surface area contributed by atoms with E-state index in [1.165, 1.54) is 0 Å². The summed E-state index contributed by atoms with van der Waals surface area (Å²) in [5.41, 5.74) is -0.686. The quantitative estimate of drug-likeness (QED) is 0.465. The number of hydrogen-bond donors (Lipinski definition) is 0. The molecule has 11 heavy (non-hydrogen) atoms. The Kier molecular flexibility index (Phi) is 7.58. The van der Waals surface area contributed by atoms with Crippen molar-refractivity contribution in [3.05, 3.63) is 0 Å². The van der Waals surface area contributed by atoms with Crippen molar-refractivity contribution in [2.75, 3.05) is 0 Å². The van der Waals surface area contributed by atoms with Gasteiger partial charge in [0.05, 0.1) is 0 Å². The maximum Gasteiger partial charge on any atom is 1.00 e. The maximum absolute atomic E-state index is 10.5. The SMILES string of the molecule is CCC(C)C(C)(C)C(=O)[O-].[K+]. The topological polar surface area (TPSA) is 40.1 Å². The molecule has 0 bridgehead atoms. The number of carbonyl (C=O) groups is 1. The van der Waals surface area contributed by atoms with Gasteiger partial charge in [-0.2, -0.15) is 0 Å². The summed E-state index contributed by atoms with van der Waals surface area (Å²) in [7, 11) is 0. The summed E-state index contributed by atoms with van der Waals surface area (Å²) in [6.45, 7) is 7.32. The van der Waals surface area contributed by atoms with Gasteiger partial charge >= 0.3 is 51.4 Å². The van der Waals surface area contributed by atoms with Crippen LogP contribution in [0.2, 0.25) is 0 Å². The van der Waals surface area contributed by atoms with Gasteiger partial charge in [0.15, 0.2) is 0 Å². The number of carbonyl (C=O) groups excluding carboxylic acids is 1. The molecule has 0 aromatic carbocycles. The summed E-state index contributed by atoms with van der Waals surface area (Å²) < 4.78 is 0. The second-order valence-corrected chi connectivity index (χ2v) is 3.32. The molecule has 1 atom stereocenters. The van der Waals surface area contributed by atoms with Crippen molar-refractivity contribution >= 4 is 5.97 Å². The molecule has 0 aromatic rings. The third kappa shape index (κ3) is 4.04. The van der Waals surface area contributed by atoms with Crippen molar-refractivity contribution in [1.29, 1.82) is 0 Å². The Balaban J connectivity index is 0. The molecule has 0 N–H and O–H groups in total. The van der Waals surface area contributed by atoms with Crippen LogP contribution in [0.4, 0.5) is 0 Å². The fourth-order valence-corrected chi connectivity index (χ4v) is 0.711. The third-order valence-electron chi connectivity index (χ3n) is 2.37. The first-order chi connectivity index (χ1) is 4.42. The zero-order valence-corrected chi connectivity index (χ0v) is 11.2. The van der Waals surface area contributed by atoms with Gasteiger partial charge in [0.2, 0.25) is 0 Å². The van der Waals surface area contributed by atoms with E-state index in [1.54, 1.807) is 13.8 Å². The molecule has 0 amide bonds. The van der Waals surface area contributed by atoms with E-state index in [0.29, 0.717) is 0 Å². The molecule has 1 unspecified atom stereocenters. The predicted molar refractivity (Wildman–Crippen MR) is 38.2 cm³/mol. The fourth-order valence-electron chi connectivity index (χ4n) is 0.711. The van der Waals surface area contributed by atoms with E-state index in [1.807, 2.05) is 13.8 Å². The number of carboxylic acids is 1. The summed E-state index contributed by atoms with van der Waals surface area (Å²) in [5.74, 6) is -0.778. The molecule has 0 aromatic heterocycles. The van der Waals surface area contributed by atoms with Crippen molar-refractivity contribution in [3.63, 3.8) is 0 Å². The number of hydrogen-bond acceptors (Lipinski definition) is 2. The van der Waals surface area contributed by atoms with Crippen LogP contribution in [0.3, 0.4) is 0 Å². The molecule has 0 aliphatic carbocycles. The van der Waals surface area contributed by atoms with Crippen LogP contribution in [0.5, 0.6) is 0 Å². The zero-order chi connectivity index (χ0) is 8.36. The van der Waals surface area contributed by atoms with Gasteiger partial charge in [-0.05, 0) is 5.92 Å². The Morgan fingerprint density at radius 2 is 1.91 bits per heavy atom. The summed E-state index contributed by atoms with van der Waals surface area (Å²) in [4.78, 5) is 10.5. The zero-order valence-electron chi connectivity index (χ0n) is 8.10. The van der Waals surface area contributed by atoms with Crippen LogP contribution in [-0.2, 0) is 4.79 Å². The molecule has 0 heterocycles. The van der Waals surface area contributed by atoms with Crippen LogP contribution >= 0.6 is 0 Å². The molecule has 2 nitrogen and oxygen atoms in total. The largest absolute Gasteiger partial charge is 1.00 e. The summed E-state index contributed by atoms with van der Waals surface area (Å²) >= 11 is 0. The first-order valence-electron chi connectivity index (χ1n) is 3.64. The van der Waals surface area contributed by atoms with E-state index in [9.17, 15) is 9.90 Å². The molecule has 0 radical (unpaired) electrons. The molecule has 0 fully saturated rings. The molecule has 3 heteroatoms. The van der Waals surface area contributed by atoms with Crippen LogP contribution < -0.4 is 56.5 Å². The van der Waals surface area contributed by atoms with E-state index in [4.69, 9.17) is 0 Å². The van der Waals surface area contributed by atoms with Crippen molar-refractivity contribution in [1.82, 2.24) is 0 Å². The number of rotatable bonds is 3. The van der Waals surface area contributed by atoms with Gasteiger partial charge in [0.25, 0.3) is 0 Å². The summed E-state index contributed by atoms with van der Waals surface area (Å²) in [5, 5.41) is 10.5. The normalized spacial score (nSPS) is 13.5. The Morgan fingerprint density at radius 3 is 2.00 bits per heavy atom. The minimum atomic E-state index is -0.957. The van der Waals surface area contributed by atoms with Gasteiger partial charge < -0.3 is 9.90 Å². The van der Waals surface area contributed by atoms with Gasteiger partial charge in [0, 0.05) is 11.4 Å². The molecule has 0 spiro atoms. The van der Waals surface area contributed by atoms with Crippen LogP contribution in [0.1, 0.15) is 34.1 Å². The van der Waals surface area contributed by atoms with Crippen molar-refractivity contribution < 1.29 is 61.3 Å². The summed E-state index contributed by atoms with van der Waals surface area (Å²) in [6.07, 6.45) is 0.876. The standard InChI is InChI=1S/C8H16O2.K/c1-5-6(2)8(3,4)7(9)10;/h6H,5H2,1-4H3,(H,9,10);/q;+1/p-1. The average molecular weight is 182 g/mol. The Hall–Kier alpha value is 1.11. The van der Waals surface area contributed by atoms with Crippen LogP contribution in [0, 0.1) is 11.3 Å². The predicted octanol–water partition coefficient (Wildman–Crippen LogP) is -2.19. The van der Waals surface area contributed by atoms with Crippen molar-refractivity contribution in [2.45, 2.75) is 34.1 Å². The first kappa shape index (κ1) is 14.6. The molecule has 0 saturated carbocycles. The second kappa shape index (κ2) is 5.70. The van der Waals surface area contributed by atoms with Gasteiger partial charge in [0.1, 0.15) is 0 Å². The summed E-state index contributed by atoms with van der Waals surface area (Å²) in [6, 6.07) is 0. The minimum Gasteiger partial charge on any atom is -0.550 e. The molecular formula is C8H15KO2. The third-order valence-corrected chi connectivity index (χ3v) is 2.37. The van der Waals surface area contributed by atoms with Crippen molar-refractivity contribution in [2.24, 2.45) is 11.3 Å². The molecule has 0 aliphatic rings. The van der Waals surface area contributed by atoms with E-state index in [0.717, 1.165) is 6.42 Å². The second-order valence-electron chi connectivity index (χ2n) is 3.32. The molecular weight excluding hydrogens is 167 g/mol. The Morgan fingerprint density at radius 1 is 1.55 bits per heavy atom. The smallest absolute Gasteiger partial charge is 0.550 e. The average Bonchev–Trinajstić information content (AvgIpc) is 1.86. The molecule has 60 valence electrons. The van der Waals surface area contributed by atoms with Crippen LogP contribution in [0.25, 0.3) is 0 Å². The number of aliphatic carboxylic acids is 1. The van der Waals surface area contributed by atoms with Crippen LogP contribution in [-0.4, -0.2) is 5.97 Å². The van der Waals surface area contributed by atoms with E-state index in [-0.39, 0.29) is 57.3 Å². The Labute approximate surface area is 111 Å². The number of carboxylic acid groups (broad SMARTS) is 1. The fraction of sp³-hybridized carbons (Fsp3) is 0.875. The van der Waals surface area contributed by atoms with Gasteiger partial charge in [-0.3, -0.25) is 0 Å². The molecule has 0 saturated heterocycles. The van der Waals surface area contributed by atoms with Crippen molar-refractivity contribution in [3.8, 4) is 0 Å². The van der Waals surface area contributed by atoms with Gasteiger partial charge in [-0.15, -0.1) is 0 Å². The minimum absolute atomic E-state index is 0. The maximum atomic E-state index is 10.5. The van der Waals surface area contributed by atoms with E-state index < -0.39 is 11.4 Å². The molecule has 0 aliphatic heterocycles. The Bertz CT molecular complexity index is 132. The van der Waals surface area contributed by atoms with Gasteiger partial charge in [-0.1, -0.05) is 34.1 Å². The monoisotopic (exact) mass is 182 g/mol. The van der Waals surface area contributed by atoms with E-state index >= 15 is 0 Å².